The van der Waals surface area contributed by atoms with Crippen LogP contribution in [0, 0.1) is 0 Å². The van der Waals surface area contributed by atoms with Crippen LogP contribution in [0.25, 0.3) is 0 Å². The number of hydrogen-bond acceptors (Lipinski definition) is 2. The Morgan fingerprint density at radius 3 is 2.00 bits per heavy atom. The van der Waals surface area contributed by atoms with Crippen LogP contribution in [0.5, 0.6) is 0 Å². The van der Waals surface area contributed by atoms with Crippen molar-refractivity contribution >= 4 is 5.91 Å². The first kappa shape index (κ1) is 7.80. The first-order chi connectivity index (χ1) is 6.24. The van der Waals surface area contributed by atoms with Crippen LogP contribution in [-0.2, 0) is 4.79 Å². The lowest BCUT2D eigenvalue weighted by Crippen LogP contribution is -2.68. The van der Waals surface area contributed by atoms with Gasteiger partial charge in [-0.1, -0.05) is 0 Å². The molecule has 0 aromatic rings. The summed E-state index contributed by atoms with van der Waals surface area (Å²) < 4.78 is 0. The average Bonchev–Trinajstić information content (AvgIpc) is 2.00. The molecule has 0 radical (unpaired) electrons. The molecule has 0 aromatic carbocycles. The van der Waals surface area contributed by atoms with E-state index in [1.54, 1.807) is 6.92 Å². The first-order valence-corrected chi connectivity index (χ1v) is 5.29. The van der Waals surface area contributed by atoms with Crippen molar-refractivity contribution in [2.45, 2.75) is 56.8 Å². The van der Waals surface area contributed by atoms with Crippen LogP contribution in [0.4, 0.5) is 0 Å². The van der Waals surface area contributed by atoms with Crippen LogP contribution in [-0.4, -0.2) is 35.0 Å². The molecule has 4 bridgehead atoms. The molecule has 4 aliphatic heterocycles. The minimum Gasteiger partial charge on any atom is -0.337 e. The molecule has 4 saturated heterocycles. The van der Waals surface area contributed by atoms with Gasteiger partial charge >= 0.3 is 0 Å². The normalized spacial score (nSPS) is 47.0. The predicted octanol–water partition coefficient (Wildman–Crippen LogP) is 0.500. The molecule has 4 heterocycles. The highest BCUT2D eigenvalue weighted by Gasteiger charge is 2.47. The lowest BCUT2D eigenvalue weighted by atomic mass is 9.74. The van der Waals surface area contributed by atoms with Gasteiger partial charge in [-0.3, -0.25) is 4.79 Å². The average molecular weight is 180 g/mol. The molecular formula is C10H16N2O. The molecule has 0 aromatic heterocycles. The maximum absolute atomic E-state index is 11.4. The van der Waals surface area contributed by atoms with Gasteiger partial charge in [0.25, 0.3) is 0 Å². The topological polar surface area (TPSA) is 32.3 Å². The predicted molar refractivity (Wildman–Crippen MR) is 49.3 cm³/mol. The second-order valence-electron chi connectivity index (χ2n) is 4.74. The SMILES string of the molecule is CC(=O)N1C2CC3CC1CC(C2)N3. The van der Waals surface area contributed by atoms with Gasteiger partial charge < -0.3 is 10.2 Å². The Morgan fingerprint density at radius 1 is 1.15 bits per heavy atom. The summed E-state index contributed by atoms with van der Waals surface area (Å²) in [6, 6.07) is 2.53. The Kier molecular flexibility index (Phi) is 1.48. The summed E-state index contributed by atoms with van der Waals surface area (Å²) in [6.07, 6.45) is 4.75. The summed E-state index contributed by atoms with van der Waals surface area (Å²) in [5, 5.41) is 3.64. The molecule has 13 heavy (non-hydrogen) atoms. The number of nitrogens with one attached hydrogen (secondary N) is 1. The van der Waals surface area contributed by atoms with Gasteiger partial charge in [0.05, 0.1) is 0 Å². The highest BCUT2D eigenvalue weighted by Crippen LogP contribution is 2.38. The van der Waals surface area contributed by atoms with E-state index in [2.05, 4.69) is 10.2 Å². The summed E-state index contributed by atoms with van der Waals surface area (Å²) in [5.74, 6) is 0.286. The Morgan fingerprint density at radius 2 is 1.62 bits per heavy atom. The minimum absolute atomic E-state index is 0.286. The van der Waals surface area contributed by atoms with Gasteiger partial charge in [-0.05, 0) is 25.7 Å². The van der Waals surface area contributed by atoms with E-state index < -0.39 is 0 Å². The number of carbonyl (C=O) groups excluding carboxylic acids is 1. The summed E-state index contributed by atoms with van der Waals surface area (Å²) in [4.78, 5) is 13.6. The second-order valence-corrected chi connectivity index (χ2v) is 4.74. The standard InChI is InChI=1S/C10H16N2O/c1-6(13)12-9-2-7-3-10(12)5-8(4-9)11-7/h7-11H,2-5H2,1H3. The Hall–Kier alpha value is -0.570. The van der Waals surface area contributed by atoms with Gasteiger partial charge in [0.1, 0.15) is 0 Å². The third kappa shape index (κ3) is 1.03. The van der Waals surface area contributed by atoms with Crippen LogP contribution in [0.15, 0.2) is 0 Å². The molecule has 3 nitrogen and oxygen atoms in total. The van der Waals surface area contributed by atoms with E-state index in [0.29, 0.717) is 24.2 Å². The van der Waals surface area contributed by atoms with Crippen LogP contribution in [0.3, 0.4) is 0 Å². The Labute approximate surface area is 78.5 Å². The zero-order valence-electron chi connectivity index (χ0n) is 7.99. The van der Waals surface area contributed by atoms with E-state index in [1.165, 1.54) is 25.7 Å². The molecule has 0 atom stereocenters. The Bertz CT molecular complexity index is 223. The fourth-order valence-corrected chi connectivity index (χ4v) is 3.57. The highest BCUT2D eigenvalue weighted by molar-refractivity contribution is 5.74. The van der Waals surface area contributed by atoms with Crippen molar-refractivity contribution in [3.8, 4) is 0 Å². The van der Waals surface area contributed by atoms with Gasteiger partial charge in [0, 0.05) is 31.1 Å². The van der Waals surface area contributed by atoms with E-state index in [1.807, 2.05) is 0 Å². The van der Waals surface area contributed by atoms with Crippen molar-refractivity contribution in [2.24, 2.45) is 0 Å². The number of nitrogens with zero attached hydrogens (tertiary/aromatic N) is 1. The molecule has 0 unspecified atom stereocenters. The highest BCUT2D eigenvalue weighted by atomic mass is 16.2. The van der Waals surface area contributed by atoms with E-state index in [9.17, 15) is 4.79 Å². The van der Waals surface area contributed by atoms with Crippen molar-refractivity contribution < 1.29 is 4.79 Å². The lowest BCUT2D eigenvalue weighted by molar-refractivity contribution is -0.143. The maximum atomic E-state index is 11.4. The molecule has 4 aliphatic rings. The van der Waals surface area contributed by atoms with Gasteiger partial charge in [0.15, 0.2) is 0 Å². The van der Waals surface area contributed by atoms with Gasteiger partial charge in [-0.2, -0.15) is 0 Å². The third-order valence-corrected chi connectivity index (χ3v) is 3.85. The van der Waals surface area contributed by atoms with E-state index >= 15 is 0 Å². The van der Waals surface area contributed by atoms with E-state index in [-0.39, 0.29) is 5.91 Å². The molecule has 72 valence electrons. The summed E-state index contributed by atoms with van der Waals surface area (Å²) in [7, 11) is 0. The molecule has 1 amide bonds. The fourth-order valence-electron chi connectivity index (χ4n) is 3.57. The number of rotatable bonds is 0. The number of hydrogen-bond donors (Lipinski definition) is 1. The molecule has 0 spiro atoms. The molecule has 0 saturated carbocycles. The second kappa shape index (κ2) is 2.47. The first-order valence-electron chi connectivity index (χ1n) is 5.29. The smallest absolute Gasteiger partial charge is 0.219 e. The summed E-state index contributed by atoms with van der Waals surface area (Å²) in [5.41, 5.74) is 0. The zero-order valence-corrected chi connectivity index (χ0v) is 7.99. The van der Waals surface area contributed by atoms with Gasteiger partial charge in [-0.15, -0.1) is 0 Å². The third-order valence-electron chi connectivity index (χ3n) is 3.85. The number of carbonyl (C=O) groups is 1. The molecule has 4 rings (SSSR count). The van der Waals surface area contributed by atoms with Crippen LogP contribution in [0.2, 0.25) is 0 Å². The van der Waals surface area contributed by atoms with Crippen molar-refractivity contribution in [2.75, 3.05) is 0 Å². The number of amides is 1. The van der Waals surface area contributed by atoms with E-state index in [4.69, 9.17) is 0 Å². The van der Waals surface area contributed by atoms with Gasteiger partial charge in [0.2, 0.25) is 5.91 Å². The molecular weight excluding hydrogens is 164 g/mol. The Balaban J connectivity index is 1.89. The molecule has 3 heteroatoms. The zero-order chi connectivity index (χ0) is 9.00. The number of piperidine rings is 4. The van der Waals surface area contributed by atoms with Crippen molar-refractivity contribution in [1.82, 2.24) is 10.2 Å². The molecule has 0 aliphatic carbocycles. The van der Waals surface area contributed by atoms with Crippen molar-refractivity contribution in [3.63, 3.8) is 0 Å². The summed E-state index contributed by atoms with van der Waals surface area (Å²) >= 11 is 0. The fraction of sp³-hybridized carbons (Fsp3) is 0.900. The van der Waals surface area contributed by atoms with E-state index in [0.717, 1.165) is 0 Å². The van der Waals surface area contributed by atoms with Crippen molar-refractivity contribution in [3.05, 3.63) is 0 Å². The lowest BCUT2D eigenvalue weighted by Gasteiger charge is -2.56. The van der Waals surface area contributed by atoms with Crippen LogP contribution < -0.4 is 5.32 Å². The summed E-state index contributed by atoms with van der Waals surface area (Å²) in [6.45, 7) is 1.72. The molecule has 4 fully saturated rings. The largest absolute Gasteiger partial charge is 0.337 e. The van der Waals surface area contributed by atoms with Crippen LogP contribution in [0.1, 0.15) is 32.6 Å². The quantitative estimate of drug-likeness (QED) is 0.589. The van der Waals surface area contributed by atoms with Crippen LogP contribution >= 0.6 is 0 Å². The van der Waals surface area contributed by atoms with Gasteiger partial charge in [-0.25, -0.2) is 0 Å². The van der Waals surface area contributed by atoms with Crippen molar-refractivity contribution in [1.29, 1.82) is 0 Å². The molecule has 1 N–H and O–H groups in total. The minimum atomic E-state index is 0.286. The monoisotopic (exact) mass is 180 g/mol. The maximum Gasteiger partial charge on any atom is 0.219 e.